The molecule has 0 aromatic rings. The highest BCUT2D eigenvalue weighted by Crippen LogP contribution is 2.11. The van der Waals surface area contributed by atoms with Gasteiger partial charge in [-0.3, -0.25) is 0 Å². The van der Waals surface area contributed by atoms with Crippen LogP contribution in [0.1, 0.15) is 84.0 Å². The molecule has 0 aliphatic heterocycles. The second kappa shape index (κ2) is 16.7. The lowest BCUT2D eigenvalue weighted by molar-refractivity contribution is 0.551. The molecule has 0 radical (unpaired) electrons. The summed E-state index contributed by atoms with van der Waals surface area (Å²) in [7, 11) is 0. The van der Waals surface area contributed by atoms with Gasteiger partial charge in [-0.15, -0.1) is 6.42 Å². The summed E-state index contributed by atoms with van der Waals surface area (Å²) in [6.07, 6.45) is 21.1. The van der Waals surface area contributed by atoms with E-state index in [2.05, 4.69) is 36.5 Å². The van der Waals surface area contributed by atoms with Gasteiger partial charge >= 0.3 is 0 Å². The van der Waals surface area contributed by atoms with E-state index in [0.717, 1.165) is 6.42 Å². The smallest absolute Gasteiger partial charge is 0.00989 e. The van der Waals surface area contributed by atoms with E-state index in [-0.39, 0.29) is 0 Å². The third-order valence-electron chi connectivity index (χ3n) is 3.19. The molecule has 0 N–H and O–H groups in total. The van der Waals surface area contributed by atoms with Crippen LogP contribution >= 0.6 is 0 Å². The maximum atomic E-state index is 4.99. The van der Waals surface area contributed by atoms with Gasteiger partial charge in [0.25, 0.3) is 0 Å². The van der Waals surface area contributed by atoms with Crippen molar-refractivity contribution in [1.29, 1.82) is 0 Å². The molecule has 0 heterocycles. The molecule has 0 amide bonds. The second-order valence-corrected chi connectivity index (χ2v) is 4.98. The number of terminal acetylenes is 1. The molecule has 0 nitrogen and oxygen atoms in total. The van der Waals surface area contributed by atoms with Gasteiger partial charge in [0.05, 0.1) is 0 Å². The van der Waals surface area contributed by atoms with Crippen LogP contribution in [0.25, 0.3) is 0 Å². The molecule has 0 aliphatic carbocycles. The van der Waals surface area contributed by atoms with Crippen LogP contribution in [0.5, 0.6) is 0 Å². The summed E-state index contributed by atoms with van der Waals surface area (Å²) in [6, 6.07) is 0. The van der Waals surface area contributed by atoms with Crippen LogP contribution < -0.4 is 0 Å². The van der Waals surface area contributed by atoms with Crippen molar-refractivity contribution in [1.82, 2.24) is 0 Å². The van der Waals surface area contributed by atoms with E-state index in [1.54, 1.807) is 0 Å². The summed E-state index contributed by atoms with van der Waals surface area (Å²) < 4.78 is 0. The summed E-state index contributed by atoms with van der Waals surface area (Å²) in [5.41, 5.74) is 0. The van der Waals surface area contributed by atoms with Gasteiger partial charge < -0.3 is 0 Å². The fraction of sp³-hybridized carbons (Fsp3) is 0.684. The molecule has 0 aliphatic rings. The Bertz CT molecular complexity index is 334. The molecular formula is C19H28. The molecule has 0 aromatic heterocycles. The minimum Gasteiger partial charge on any atom is -0.106 e. The number of hydrogen-bond acceptors (Lipinski definition) is 0. The molecule has 104 valence electrons. The first kappa shape index (κ1) is 17.7. The summed E-state index contributed by atoms with van der Waals surface area (Å²) in [5.74, 6) is 13.2. The predicted octanol–water partition coefficient (Wildman–Crippen LogP) is 5.33. The normalized spacial score (nSPS) is 8.84. The van der Waals surface area contributed by atoms with Gasteiger partial charge in [0, 0.05) is 6.42 Å². The Morgan fingerprint density at radius 3 is 1.68 bits per heavy atom. The van der Waals surface area contributed by atoms with E-state index in [4.69, 9.17) is 6.42 Å². The molecule has 0 fully saturated rings. The van der Waals surface area contributed by atoms with E-state index >= 15 is 0 Å². The van der Waals surface area contributed by atoms with Crippen molar-refractivity contribution in [2.45, 2.75) is 84.0 Å². The zero-order chi connectivity index (χ0) is 14.0. The molecule has 0 aromatic carbocycles. The summed E-state index contributed by atoms with van der Waals surface area (Å²) in [4.78, 5) is 0. The lowest BCUT2D eigenvalue weighted by Crippen LogP contribution is -1.82. The fourth-order valence-electron chi connectivity index (χ4n) is 2.05. The zero-order valence-corrected chi connectivity index (χ0v) is 12.6. The molecule has 0 saturated heterocycles. The Balaban J connectivity index is 3.10. The Hall–Kier alpha value is -1.32. The number of hydrogen-bond donors (Lipinski definition) is 0. The van der Waals surface area contributed by atoms with E-state index in [0.29, 0.717) is 0 Å². The minimum atomic E-state index is 0.955. The zero-order valence-electron chi connectivity index (χ0n) is 12.6. The first-order chi connectivity index (χ1) is 9.41. The third-order valence-corrected chi connectivity index (χ3v) is 3.19. The van der Waals surface area contributed by atoms with Gasteiger partial charge in [0.1, 0.15) is 0 Å². The van der Waals surface area contributed by atoms with Crippen LogP contribution in [0.4, 0.5) is 0 Å². The van der Waals surface area contributed by atoms with Crippen LogP contribution in [-0.4, -0.2) is 0 Å². The lowest BCUT2D eigenvalue weighted by Gasteiger charge is -2.01. The Kier molecular flexibility index (Phi) is 15.5. The first-order valence-corrected chi connectivity index (χ1v) is 7.85. The Labute approximate surface area is 120 Å². The van der Waals surface area contributed by atoms with Crippen molar-refractivity contribution >= 4 is 0 Å². The average Bonchev–Trinajstić information content (AvgIpc) is 2.43. The average molecular weight is 256 g/mol. The summed E-state index contributed by atoms with van der Waals surface area (Å²) in [5, 5.41) is 0. The molecule has 0 unspecified atom stereocenters. The lowest BCUT2D eigenvalue weighted by atomic mass is 10.1. The molecule has 0 heteroatoms. The monoisotopic (exact) mass is 256 g/mol. The molecule has 0 rings (SSSR count). The maximum Gasteiger partial charge on any atom is 0.00989 e. The van der Waals surface area contributed by atoms with Crippen molar-refractivity contribution in [3.8, 4) is 36.0 Å². The highest BCUT2D eigenvalue weighted by molar-refractivity contribution is 5.33. The maximum absolute atomic E-state index is 4.99. The van der Waals surface area contributed by atoms with Crippen LogP contribution in [0.3, 0.4) is 0 Å². The molecule has 0 bridgehead atoms. The third kappa shape index (κ3) is 16.7. The highest BCUT2D eigenvalue weighted by Gasteiger charge is 1.92. The van der Waals surface area contributed by atoms with Crippen molar-refractivity contribution in [2.75, 3.05) is 0 Å². The van der Waals surface area contributed by atoms with Gasteiger partial charge in [-0.05, 0) is 30.1 Å². The first-order valence-electron chi connectivity index (χ1n) is 7.85. The fourth-order valence-corrected chi connectivity index (χ4v) is 2.05. The summed E-state index contributed by atoms with van der Waals surface area (Å²) in [6.45, 7) is 2.27. The molecule has 0 atom stereocenters. The van der Waals surface area contributed by atoms with Crippen molar-refractivity contribution < 1.29 is 0 Å². The van der Waals surface area contributed by atoms with Crippen LogP contribution in [0.2, 0.25) is 0 Å². The van der Waals surface area contributed by atoms with Crippen molar-refractivity contribution in [3.63, 3.8) is 0 Å². The van der Waals surface area contributed by atoms with Crippen LogP contribution in [0.15, 0.2) is 0 Å². The second-order valence-electron chi connectivity index (χ2n) is 4.98. The number of rotatable bonds is 11. The minimum absolute atomic E-state index is 0.955. The SMILES string of the molecule is C#CC#CC#CCCCCCCCCCCCCC. The van der Waals surface area contributed by atoms with Gasteiger partial charge in [0.15, 0.2) is 0 Å². The molecule has 0 spiro atoms. The van der Waals surface area contributed by atoms with E-state index in [1.807, 2.05) is 0 Å². The van der Waals surface area contributed by atoms with Crippen LogP contribution in [-0.2, 0) is 0 Å². The molecular weight excluding hydrogens is 228 g/mol. The predicted molar refractivity (Wildman–Crippen MR) is 85.5 cm³/mol. The highest BCUT2D eigenvalue weighted by atomic mass is 14.0. The Morgan fingerprint density at radius 2 is 1.16 bits per heavy atom. The van der Waals surface area contributed by atoms with Gasteiger partial charge in [-0.1, -0.05) is 77.1 Å². The quantitative estimate of drug-likeness (QED) is 0.346. The van der Waals surface area contributed by atoms with Gasteiger partial charge in [-0.2, -0.15) is 0 Å². The summed E-state index contributed by atoms with van der Waals surface area (Å²) >= 11 is 0. The topological polar surface area (TPSA) is 0 Å². The Morgan fingerprint density at radius 1 is 0.632 bits per heavy atom. The largest absolute Gasteiger partial charge is 0.106 e. The molecule has 0 saturated carbocycles. The number of unbranched alkanes of at least 4 members (excludes halogenated alkanes) is 11. The molecule has 19 heavy (non-hydrogen) atoms. The standard InChI is InChI=1S/C19H28/c1-3-5-7-9-11-13-15-17-19-18-16-14-12-10-8-6-4-2/h1H,4,6,8,10,12-19H2,2H3. The van der Waals surface area contributed by atoms with E-state index < -0.39 is 0 Å². The van der Waals surface area contributed by atoms with Crippen LogP contribution in [0, 0.1) is 36.0 Å². The van der Waals surface area contributed by atoms with Gasteiger partial charge in [0.2, 0.25) is 0 Å². The van der Waals surface area contributed by atoms with E-state index in [9.17, 15) is 0 Å². The van der Waals surface area contributed by atoms with Gasteiger partial charge in [-0.25, -0.2) is 0 Å². The van der Waals surface area contributed by atoms with E-state index in [1.165, 1.54) is 70.6 Å². The van der Waals surface area contributed by atoms with Crippen molar-refractivity contribution in [3.05, 3.63) is 0 Å². The van der Waals surface area contributed by atoms with Crippen molar-refractivity contribution in [2.24, 2.45) is 0 Å².